The van der Waals surface area contributed by atoms with E-state index in [9.17, 15) is 4.79 Å². The fourth-order valence-electron chi connectivity index (χ4n) is 4.55. The van der Waals surface area contributed by atoms with E-state index in [4.69, 9.17) is 4.74 Å². The van der Waals surface area contributed by atoms with Crippen LogP contribution in [0.25, 0.3) is 0 Å². The summed E-state index contributed by atoms with van der Waals surface area (Å²) in [6.07, 6.45) is 14.7. The summed E-state index contributed by atoms with van der Waals surface area (Å²) in [5.74, 6) is 2.33. The van der Waals surface area contributed by atoms with Crippen molar-refractivity contribution in [3.63, 3.8) is 0 Å². The number of carbonyl (C=O) groups is 1. The van der Waals surface area contributed by atoms with Gasteiger partial charge in [-0.3, -0.25) is 9.69 Å². The molecule has 4 rings (SSSR count). The number of amides is 1. The van der Waals surface area contributed by atoms with Crippen molar-refractivity contribution in [3.8, 4) is 0 Å². The Labute approximate surface area is 269 Å². The standard InChI is InChI=1S/C16H24N4O.C13H19N3OS.C2H6.CH4S/c1-6-14(21-11(2)3)7-12(4)18-16-17-8-13-9-20(5)10-15(13)19-16;1-10-5-3-4-8-16(10)13(17)11-6-7-14-12(9-11)15-18-2;2*1-2/h6-8,11H,9-10H2,1-5H3,(H,17,18,19);6-7,9-10H,3-5,8H2,1-2H3,(H,14,15);1-2H3;2H,1H3/b12-7+,14-6+;;;/t;10-;;/m.1../s1. The molecule has 1 atom stereocenters. The summed E-state index contributed by atoms with van der Waals surface area (Å²) in [5, 5.41) is 3.22. The summed E-state index contributed by atoms with van der Waals surface area (Å²) in [4.78, 5) is 29.7. The van der Waals surface area contributed by atoms with Crippen molar-refractivity contribution in [1.82, 2.24) is 24.8 Å². The third-order valence-electron chi connectivity index (χ3n) is 6.42. The van der Waals surface area contributed by atoms with Gasteiger partial charge in [0.05, 0.1) is 11.8 Å². The van der Waals surface area contributed by atoms with Gasteiger partial charge in [0.2, 0.25) is 5.95 Å². The summed E-state index contributed by atoms with van der Waals surface area (Å²) >= 11 is 5.00. The van der Waals surface area contributed by atoms with Crippen LogP contribution in [-0.4, -0.2) is 68.9 Å². The molecule has 2 N–H and O–H groups in total. The number of thiol groups is 1. The summed E-state index contributed by atoms with van der Waals surface area (Å²) < 4.78 is 8.74. The molecule has 9 nitrogen and oxygen atoms in total. The summed E-state index contributed by atoms with van der Waals surface area (Å²) in [6, 6.07) is 3.95. The van der Waals surface area contributed by atoms with E-state index in [1.807, 2.05) is 77.1 Å². The number of nitrogens with zero attached hydrogens (tertiary/aromatic N) is 5. The van der Waals surface area contributed by atoms with Gasteiger partial charge in [-0.05, 0) is 91.5 Å². The lowest BCUT2D eigenvalue weighted by atomic mass is 10.0. The SMILES string of the molecule is C/C=C(\C=C(/C)Nc1ncc2c(n1)CN(C)C2)OC(C)C.CC.CS.CSNc1cc(C(=O)N2CCCC[C@H]2C)ccn1. The average molecular weight is 632 g/mol. The number of nitrogens with one attached hydrogen (secondary N) is 2. The molecule has 11 heteroatoms. The van der Waals surface area contributed by atoms with Crippen molar-refractivity contribution in [3.05, 3.63) is 65.0 Å². The van der Waals surface area contributed by atoms with Gasteiger partial charge in [-0.25, -0.2) is 15.0 Å². The van der Waals surface area contributed by atoms with Gasteiger partial charge in [0.15, 0.2) is 0 Å². The van der Waals surface area contributed by atoms with Gasteiger partial charge < -0.3 is 19.7 Å². The Hall–Kier alpha value is -2.76. The highest BCUT2D eigenvalue weighted by molar-refractivity contribution is 7.99. The topological polar surface area (TPSA) is 95.5 Å². The predicted molar refractivity (Wildman–Crippen MR) is 187 cm³/mol. The van der Waals surface area contributed by atoms with E-state index >= 15 is 0 Å². The van der Waals surface area contributed by atoms with Crippen LogP contribution in [0.5, 0.6) is 0 Å². The quantitative estimate of drug-likeness (QED) is 0.119. The highest BCUT2D eigenvalue weighted by Gasteiger charge is 2.24. The second-order valence-electron chi connectivity index (χ2n) is 10.2. The number of fused-ring (bicyclic) bond motifs is 1. The van der Waals surface area contributed by atoms with Crippen LogP contribution in [0.15, 0.2) is 48.1 Å². The van der Waals surface area contributed by atoms with Crippen LogP contribution < -0.4 is 10.0 Å². The van der Waals surface area contributed by atoms with Crippen molar-refractivity contribution >= 4 is 42.3 Å². The van der Waals surface area contributed by atoms with E-state index in [2.05, 4.69) is 56.5 Å². The molecule has 0 bridgehead atoms. The first-order chi connectivity index (χ1) is 20.7. The molecule has 1 saturated heterocycles. The minimum atomic E-state index is 0.119. The number of pyridine rings is 1. The minimum Gasteiger partial charge on any atom is -0.491 e. The van der Waals surface area contributed by atoms with Crippen molar-refractivity contribution in [2.75, 3.05) is 36.1 Å². The molecule has 2 aromatic heterocycles. The molecule has 0 saturated carbocycles. The van der Waals surface area contributed by atoms with Crippen LogP contribution in [0.1, 0.15) is 89.3 Å². The minimum absolute atomic E-state index is 0.119. The van der Waals surface area contributed by atoms with Gasteiger partial charge in [0, 0.05) is 61.1 Å². The molecule has 240 valence electrons. The number of carbonyl (C=O) groups excluding carboxylic acids is 1. The number of likely N-dealkylation sites (tertiary alicyclic amines) is 1. The second kappa shape index (κ2) is 21.0. The van der Waals surface area contributed by atoms with E-state index in [1.165, 1.54) is 23.9 Å². The van der Waals surface area contributed by atoms with E-state index < -0.39 is 0 Å². The molecule has 0 spiro atoms. The zero-order valence-electron chi connectivity index (χ0n) is 27.8. The molecule has 2 aromatic rings. The molecule has 4 heterocycles. The number of aromatic nitrogens is 3. The molecule has 1 fully saturated rings. The Kier molecular flexibility index (Phi) is 18.7. The largest absolute Gasteiger partial charge is 0.491 e. The zero-order chi connectivity index (χ0) is 32.4. The molecular formula is C32H53N7O2S2. The van der Waals surface area contributed by atoms with Gasteiger partial charge >= 0.3 is 0 Å². The Balaban J connectivity index is 0.000000389. The first-order valence-electron chi connectivity index (χ1n) is 15.0. The van der Waals surface area contributed by atoms with E-state index in [1.54, 1.807) is 18.5 Å². The summed E-state index contributed by atoms with van der Waals surface area (Å²) in [7, 11) is 2.08. The highest BCUT2D eigenvalue weighted by Crippen LogP contribution is 2.21. The van der Waals surface area contributed by atoms with E-state index in [0.29, 0.717) is 12.0 Å². The fraction of sp³-hybridized carbons (Fsp3) is 0.562. The molecule has 0 unspecified atom stereocenters. The van der Waals surface area contributed by atoms with Crippen molar-refractivity contribution in [1.29, 1.82) is 0 Å². The lowest BCUT2D eigenvalue weighted by molar-refractivity contribution is 0.0635. The monoisotopic (exact) mass is 631 g/mol. The van der Waals surface area contributed by atoms with Gasteiger partial charge in [-0.2, -0.15) is 12.6 Å². The maximum absolute atomic E-state index is 12.4. The van der Waals surface area contributed by atoms with E-state index in [-0.39, 0.29) is 12.0 Å². The number of ether oxygens (including phenoxy) is 1. The molecule has 2 aliphatic rings. The molecular weight excluding hydrogens is 579 g/mol. The number of anilines is 2. The lowest BCUT2D eigenvalue weighted by Crippen LogP contribution is -2.42. The van der Waals surface area contributed by atoms with Gasteiger partial charge in [0.1, 0.15) is 11.6 Å². The third kappa shape index (κ3) is 13.2. The van der Waals surface area contributed by atoms with Crippen LogP contribution in [0.3, 0.4) is 0 Å². The molecule has 1 amide bonds. The average Bonchev–Trinajstić information content (AvgIpc) is 3.38. The first kappa shape index (κ1) is 38.3. The van der Waals surface area contributed by atoms with Crippen LogP contribution in [0, 0.1) is 0 Å². The Morgan fingerprint density at radius 2 is 1.93 bits per heavy atom. The maximum Gasteiger partial charge on any atom is 0.254 e. The smallest absolute Gasteiger partial charge is 0.254 e. The number of piperidine rings is 1. The third-order valence-corrected chi connectivity index (χ3v) is 6.83. The van der Waals surface area contributed by atoms with Crippen molar-refractivity contribution in [2.24, 2.45) is 0 Å². The van der Waals surface area contributed by atoms with Crippen LogP contribution in [-0.2, 0) is 17.8 Å². The lowest BCUT2D eigenvalue weighted by Gasteiger charge is -2.33. The van der Waals surface area contributed by atoms with Crippen LogP contribution >= 0.6 is 24.6 Å². The van der Waals surface area contributed by atoms with Gasteiger partial charge in [-0.15, -0.1) is 0 Å². The second-order valence-corrected chi connectivity index (χ2v) is 10.8. The van der Waals surface area contributed by atoms with Crippen LogP contribution in [0.2, 0.25) is 0 Å². The Bertz CT molecular complexity index is 1170. The normalized spacial score (nSPS) is 16.5. The number of hydrogen-bond acceptors (Lipinski definition) is 10. The zero-order valence-corrected chi connectivity index (χ0v) is 29.5. The maximum atomic E-state index is 12.4. The highest BCUT2D eigenvalue weighted by atomic mass is 32.2. The van der Waals surface area contributed by atoms with Gasteiger partial charge in [-0.1, -0.05) is 25.8 Å². The first-order valence-corrected chi connectivity index (χ1v) is 17.1. The Morgan fingerprint density at radius 3 is 2.56 bits per heavy atom. The number of rotatable bonds is 8. The predicted octanol–water partition coefficient (Wildman–Crippen LogP) is 7.42. The number of allylic oxidation sites excluding steroid dienone is 3. The van der Waals surface area contributed by atoms with Gasteiger partial charge in [0.25, 0.3) is 5.91 Å². The molecule has 2 aliphatic heterocycles. The van der Waals surface area contributed by atoms with E-state index in [0.717, 1.165) is 61.0 Å². The fourth-order valence-corrected chi connectivity index (χ4v) is 4.87. The van der Waals surface area contributed by atoms with Crippen LogP contribution in [0.4, 0.5) is 11.8 Å². The molecule has 0 aromatic carbocycles. The number of hydrogen-bond donors (Lipinski definition) is 3. The summed E-state index contributed by atoms with van der Waals surface area (Å²) in [5.41, 5.74) is 3.99. The Morgan fingerprint density at radius 1 is 1.21 bits per heavy atom. The molecule has 0 aliphatic carbocycles. The summed E-state index contributed by atoms with van der Waals surface area (Å²) in [6.45, 7) is 16.8. The molecule has 0 radical (unpaired) electrons. The van der Waals surface area contributed by atoms with Crippen molar-refractivity contribution in [2.45, 2.75) is 93.0 Å². The molecule has 43 heavy (non-hydrogen) atoms. The van der Waals surface area contributed by atoms with Crippen molar-refractivity contribution < 1.29 is 9.53 Å².